The summed E-state index contributed by atoms with van der Waals surface area (Å²) in [6.07, 6.45) is 4.16. The van der Waals surface area contributed by atoms with Gasteiger partial charge in [-0.1, -0.05) is 26.0 Å². The van der Waals surface area contributed by atoms with Crippen LogP contribution in [0.4, 0.5) is 5.69 Å². The summed E-state index contributed by atoms with van der Waals surface area (Å²) in [4.78, 5) is 2.31. The van der Waals surface area contributed by atoms with Gasteiger partial charge in [-0.05, 0) is 55.8 Å². The van der Waals surface area contributed by atoms with Crippen LogP contribution in [-0.4, -0.2) is 31.3 Å². The lowest BCUT2D eigenvalue weighted by atomic mass is 9.82. The molecule has 1 aliphatic rings. The molecule has 1 atom stereocenters. The lowest BCUT2D eigenvalue weighted by Crippen LogP contribution is -2.37. The summed E-state index contributed by atoms with van der Waals surface area (Å²) >= 11 is 0. The number of rotatable bonds is 8. The molecule has 1 saturated carbocycles. The van der Waals surface area contributed by atoms with E-state index < -0.39 is 0 Å². The van der Waals surface area contributed by atoms with E-state index in [0.717, 1.165) is 32.4 Å². The molecule has 0 spiro atoms. The molecule has 0 amide bonds. The summed E-state index contributed by atoms with van der Waals surface area (Å²) in [6.45, 7) is 6.55. The lowest BCUT2D eigenvalue weighted by Gasteiger charge is -2.35. The zero-order chi connectivity index (χ0) is 15.2. The second-order valence-electron chi connectivity index (χ2n) is 6.38. The Morgan fingerprint density at radius 1 is 1.24 bits per heavy atom. The first kappa shape index (κ1) is 16.3. The summed E-state index contributed by atoms with van der Waals surface area (Å²) < 4.78 is 0. The maximum Gasteiger partial charge on any atom is 0.0546 e. The fraction of sp³-hybridized carbons (Fsp3) is 0.667. The summed E-state index contributed by atoms with van der Waals surface area (Å²) in [5, 5.41) is 13.0. The minimum Gasteiger partial charge on any atom is -0.393 e. The van der Waals surface area contributed by atoms with Gasteiger partial charge in [-0.25, -0.2) is 0 Å². The van der Waals surface area contributed by atoms with Crippen molar-refractivity contribution in [3.05, 3.63) is 29.8 Å². The predicted molar refractivity (Wildman–Crippen MR) is 89.8 cm³/mol. The molecule has 0 radical (unpaired) electrons. The van der Waals surface area contributed by atoms with Crippen LogP contribution in [0.1, 0.15) is 51.1 Å². The Bertz CT molecular complexity index is 412. The zero-order valence-electron chi connectivity index (χ0n) is 13.7. The molecule has 0 aliphatic heterocycles. The molecule has 118 valence electrons. The Morgan fingerprint density at radius 3 is 2.43 bits per heavy atom. The molecule has 3 heteroatoms. The number of benzene rings is 1. The molecule has 1 aromatic rings. The predicted octanol–water partition coefficient (Wildman–Crippen LogP) is 3.34. The Hall–Kier alpha value is -1.06. The van der Waals surface area contributed by atoms with Gasteiger partial charge in [0.2, 0.25) is 0 Å². The summed E-state index contributed by atoms with van der Waals surface area (Å²) in [5.74, 6) is 0.652. The highest BCUT2D eigenvalue weighted by molar-refractivity contribution is 5.47. The first-order chi connectivity index (χ1) is 10.1. The molecule has 1 aromatic carbocycles. The van der Waals surface area contributed by atoms with Gasteiger partial charge in [-0.3, -0.25) is 0 Å². The molecule has 0 saturated heterocycles. The SMILES string of the molecule is CCCNC(CC)c1ccc(N(C)CC2CC(O)C2)cc1. The van der Waals surface area contributed by atoms with E-state index in [1.807, 2.05) is 0 Å². The Balaban J connectivity index is 1.90. The fourth-order valence-corrected chi connectivity index (χ4v) is 3.12. The Labute approximate surface area is 129 Å². The third kappa shape index (κ3) is 4.45. The fourth-order valence-electron chi connectivity index (χ4n) is 3.12. The van der Waals surface area contributed by atoms with Gasteiger partial charge in [0.15, 0.2) is 0 Å². The smallest absolute Gasteiger partial charge is 0.0546 e. The van der Waals surface area contributed by atoms with E-state index in [-0.39, 0.29) is 6.10 Å². The van der Waals surface area contributed by atoms with Crippen molar-refractivity contribution in [1.82, 2.24) is 5.32 Å². The van der Waals surface area contributed by atoms with E-state index in [9.17, 15) is 5.11 Å². The maximum atomic E-state index is 9.37. The van der Waals surface area contributed by atoms with Gasteiger partial charge in [0, 0.05) is 25.3 Å². The van der Waals surface area contributed by atoms with Crippen LogP contribution >= 0.6 is 0 Å². The van der Waals surface area contributed by atoms with Gasteiger partial charge in [0.1, 0.15) is 0 Å². The lowest BCUT2D eigenvalue weighted by molar-refractivity contribution is 0.0465. The van der Waals surface area contributed by atoms with Crippen LogP contribution in [0.5, 0.6) is 0 Å². The summed E-state index contributed by atoms with van der Waals surface area (Å²) in [7, 11) is 2.15. The molecule has 1 unspecified atom stereocenters. The number of anilines is 1. The number of hydrogen-bond acceptors (Lipinski definition) is 3. The average Bonchev–Trinajstić information content (AvgIpc) is 2.47. The quantitative estimate of drug-likeness (QED) is 0.771. The highest BCUT2D eigenvalue weighted by Gasteiger charge is 2.27. The molecule has 21 heavy (non-hydrogen) atoms. The van der Waals surface area contributed by atoms with E-state index in [1.165, 1.54) is 17.7 Å². The van der Waals surface area contributed by atoms with E-state index in [2.05, 4.69) is 55.4 Å². The molecular weight excluding hydrogens is 260 g/mol. The van der Waals surface area contributed by atoms with Gasteiger partial charge in [0.05, 0.1) is 6.10 Å². The molecule has 3 nitrogen and oxygen atoms in total. The van der Waals surface area contributed by atoms with Crippen molar-refractivity contribution in [1.29, 1.82) is 0 Å². The molecular formula is C18H30N2O. The molecule has 1 fully saturated rings. The number of nitrogens with one attached hydrogen (secondary N) is 1. The van der Waals surface area contributed by atoms with E-state index in [0.29, 0.717) is 12.0 Å². The molecule has 0 bridgehead atoms. The minimum absolute atomic E-state index is 0.0549. The van der Waals surface area contributed by atoms with Gasteiger partial charge < -0.3 is 15.3 Å². The van der Waals surface area contributed by atoms with Crippen molar-refractivity contribution in [2.75, 3.05) is 25.0 Å². The maximum absolute atomic E-state index is 9.37. The zero-order valence-corrected chi connectivity index (χ0v) is 13.7. The Kier molecular flexibility index (Phi) is 6.07. The third-order valence-corrected chi connectivity index (χ3v) is 4.53. The molecule has 0 aromatic heterocycles. The molecule has 0 heterocycles. The normalized spacial score (nSPS) is 22.7. The first-order valence-electron chi connectivity index (χ1n) is 8.36. The number of aliphatic hydroxyl groups is 1. The second kappa shape index (κ2) is 7.81. The molecule has 2 N–H and O–H groups in total. The van der Waals surface area contributed by atoms with Crippen molar-refractivity contribution in [3.63, 3.8) is 0 Å². The summed E-state index contributed by atoms with van der Waals surface area (Å²) in [6, 6.07) is 9.41. The second-order valence-corrected chi connectivity index (χ2v) is 6.38. The van der Waals surface area contributed by atoms with Crippen LogP contribution in [0, 0.1) is 5.92 Å². The number of aliphatic hydroxyl groups excluding tert-OH is 1. The van der Waals surface area contributed by atoms with Gasteiger partial charge >= 0.3 is 0 Å². The van der Waals surface area contributed by atoms with Gasteiger partial charge in [-0.15, -0.1) is 0 Å². The van der Waals surface area contributed by atoms with Crippen molar-refractivity contribution >= 4 is 5.69 Å². The Morgan fingerprint density at radius 2 is 1.90 bits per heavy atom. The van der Waals surface area contributed by atoms with E-state index in [1.54, 1.807) is 0 Å². The largest absolute Gasteiger partial charge is 0.393 e. The van der Waals surface area contributed by atoms with Crippen LogP contribution < -0.4 is 10.2 Å². The van der Waals surface area contributed by atoms with Crippen LogP contribution in [0.2, 0.25) is 0 Å². The topological polar surface area (TPSA) is 35.5 Å². The van der Waals surface area contributed by atoms with E-state index in [4.69, 9.17) is 0 Å². The van der Waals surface area contributed by atoms with Crippen LogP contribution in [0.25, 0.3) is 0 Å². The van der Waals surface area contributed by atoms with Crippen molar-refractivity contribution in [2.24, 2.45) is 5.92 Å². The molecule has 1 aliphatic carbocycles. The van der Waals surface area contributed by atoms with Crippen LogP contribution in [0.3, 0.4) is 0 Å². The minimum atomic E-state index is -0.0549. The van der Waals surface area contributed by atoms with Crippen LogP contribution in [-0.2, 0) is 0 Å². The van der Waals surface area contributed by atoms with Gasteiger partial charge in [-0.2, -0.15) is 0 Å². The average molecular weight is 290 g/mol. The van der Waals surface area contributed by atoms with Gasteiger partial charge in [0.25, 0.3) is 0 Å². The van der Waals surface area contributed by atoms with Crippen molar-refractivity contribution in [2.45, 2.75) is 51.7 Å². The highest BCUT2D eigenvalue weighted by Crippen LogP contribution is 2.29. The monoisotopic (exact) mass is 290 g/mol. The van der Waals surface area contributed by atoms with E-state index >= 15 is 0 Å². The first-order valence-corrected chi connectivity index (χ1v) is 8.36. The standard InChI is InChI=1S/C18H30N2O/c1-4-10-19-18(5-2)15-6-8-16(9-7-15)20(3)13-14-11-17(21)12-14/h6-9,14,17-19,21H,4-5,10-13H2,1-3H3. The number of hydrogen-bond donors (Lipinski definition) is 2. The highest BCUT2D eigenvalue weighted by atomic mass is 16.3. The van der Waals surface area contributed by atoms with Crippen LogP contribution in [0.15, 0.2) is 24.3 Å². The van der Waals surface area contributed by atoms with Crippen molar-refractivity contribution < 1.29 is 5.11 Å². The summed E-state index contributed by atoms with van der Waals surface area (Å²) in [5.41, 5.74) is 2.65. The molecule has 2 rings (SSSR count). The number of nitrogens with zero attached hydrogens (tertiary/aromatic N) is 1. The van der Waals surface area contributed by atoms with Crippen molar-refractivity contribution in [3.8, 4) is 0 Å². The third-order valence-electron chi connectivity index (χ3n) is 4.53.